The van der Waals surface area contributed by atoms with Crippen molar-refractivity contribution in [2.45, 2.75) is 31.5 Å². The van der Waals surface area contributed by atoms with E-state index in [-0.39, 0.29) is 29.5 Å². The molecule has 34 heavy (non-hydrogen) atoms. The third kappa shape index (κ3) is 3.53. The first-order valence-electron chi connectivity index (χ1n) is 11.1. The largest absolute Gasteiger partial charge is 0.493 e. The Kier molecular flexibility index (Phi) is 5.61. The molecular weight excluding hydrogens is 438 g/mol. The normalized spacial score (nSPS) is 19.3. The standard InChI is InChI=1S/C25H25N3O6/c1-32-19-9-7-16-21(22(19)33-2)25(31)34-24(16)28-18(8-10-20(28)29)23(30)26-12-11-14-13-27-17-6-4-3-5-15(14)17/h3-7,9,13,18,24,27H,8,10-12H2,1-2H3,(H,26,30). The maximum absolute atomic E-state index is 13.1. The van der Waals surface area contributed by atoms with Crippen LogP contribution in [0.1, 0.15) is 40.6 Å². The van der Waals surface area contributed by atoms with Gasteiger partial charge in [-0.05, 0) is 36.6 Å². The van der Waals surface area contributed by atoms with Crippen molar-refractivity contribution in [2.75, 3.05) is 20.8 Å². The maximum atomic E-state index is 13.1. The number of para-hydroxylation sites is 1. The lowest BCUT2D eigenvalue weighted by molar-refractivity contribution is -0.145. The number of ether oxygens (including phenoxy) is 3. The third-order valence-corrected chi connectivity index (χ3v) is 6.45. The minimum atomic E-state index is -0.985. The second-order valence-corrected chi connectivity index (χ2v) is 8.28. The molecule has 3 aromatic rings. The summed E-state index contributed by atoms with van der Waals surface area (Å²) in [6.45, 7) is 0.422. The van der Waals surface area contributed by atoms with Crippen molar-refractivity contribution in [1.82, 2.24) is 15.2 Å². The van der Waals surface area contributed by atoms with Crippen LogP contribution in [0.15, 0.2) is 42.6 Å². The number of esters is 1. The first-order chi connectivity index (χ1) is 16.5. The molecule has 0 saturated carbocycles. The van der Waals surface area contributed by atoms with Crippen LogP contribution in [-0.2, 0) is 20.7 Å². The number of carbonyl (C=O) groups is 3. The first kappa shape index (κ1) is 21.8. The zero-order valence-electron chi connectivity index (χ0n) is 18.9. The number of rotatable bonds is 7. The van der Waals surface area contributed by atoms with Gasteiger partial charge in [-0.1, -0.05) is 18.2 Å². The summed E-state index contributed by atoms with van der Waals surface area (Å²) in [5, 5.41) is 4.06. The van der Waals surface area contributed by atoms with E-state index < -0.39 is 18.2 Å². The van der Waals surface area contributed by atoms with Gasteiger partial charge in [0.15, 0.2) is 11.5 Å². The number of methoxy groups -OCH3 is 2. The summed E-state index contributed by atoms with van der Waals surface area (Å²) >= 11 is 0. The molecule has 2 atom stereocenters. The summed E-state index contributed by atoms with van der Waals surface area (Å²) < 4.78 is 16.2. The fourth-order valence-corrected chi connectivity index (χ4v) is 4.82. The highest BCUT2D eigenvalue weighted by Gasteiger charge is 2.47. The van der Waals surface area contributed by atoms with Gasteiger partial charge in [-0.3, -0.25) is 14.5 Å². The van der Waals surface area contributed by atoms with Crippen LogP contribution < -0.4 is 14.8 Å². The predicted octanol–water partition coefficient (Wildman–Crippen LogP) is 2.70. The van der Waals surface area contributed by atoms with E-state index in [1.54, 1.807) is 12.1 Å². The molecule has 176 valence electrons. The minimum absolute atomic E-state index is 0.206. The molecule has 2 unspecified atom stereocenters. The molecule has 2 aromatic carbocycles. The number of likely N-dealkylation sites (tertiary alicyclic amines) is 1. The molecule has 9 heteroatoms. The number of fused-ring (bicyclic) bond motifs is 2. The Morgan fingerprint density at radius 1 is 1.18 bits per heavy atom. The number of aromatic amines is 1. The average Bonchev–Trinajstić information content (AvgIpc) is 3.53. The molecule has 1 aromatic heterocycles. The van der Waals surface area contributed by atoms with Gasteiger partial charge in [-0.2, -0.15) is 0 Å². The van der Waals surface area contributed by atoms with Gasteiger partial charge in [0.05, 0.1) is 14.2 Å². The van der Waals surface area contributed by atoms with E-state index >= 15 is 0 Å². The number of nitrogens with one attached hydrogen (secondary N) is 2. The number of benzene rings is 2. The number of aromatic nitrogens is 1. The van der Waals surface area contributed by atoms with Gasteiger partial charge in [0.2, 0.25) is 18.0 Å². The monoisotopic (exact) mass is 463 g/mol. The van der Waals surface area contributed by atoms with Crippen LogP contribution in [0.25, 0.3) is 10.9 Å². The molecule has 2 aliphatic rings. The van der Waals surface area contributed by atoms with Crippen LogP contribution >= 0.6 is 0 Å². The Hall–Kier alpha value is -4.01. The fraction of sp³-hybridized carbons (Fsp3) is 0.320. The van der Waals surface area contributed by atoms with Crippen LogP contribution in [0.5, 0.6) is 11.5 Å². The molecule has 1 fully saturated rings. The molecule has 0 radical (unpaired) electrons. The van der Waals surface area contributed by atoms with Crippen LogP contribution in [0.3, 0.4) is 0 Å². The van der Waals surface area contributed by atoms with Gasteiger partial charge < -0.3 is 24.5 Å². The van der Waals surface area contributed by atoms with E-state index in [1.165, 1.54) is 19.1 Å². The number of hydrogen-bond donors (Lipinski definition) is 2. The van der Waals surface area contributed by atoms with Crippen molar-refractivity contribution >= 4 is 28.7 Å². The van der Waals surface area contributed by atoms with Crippen LogP contribution in [0, 0.1) is 0 Å². The Morgan fingerprint density at radius 2 is 2.00 bits per heavy atom. The summed E-state index contributed by atoms with van der Waals surface area (Å²) in [5.41, 5.74) is 2.85. The van der Waals surface area contributed by atoms with E-state index in [2.05, 4.69) is 10.3 Å². The van der Waals surface area contributed by atoms with E-state index in [9.17, 15) is 14.4 Å². The Bertz CT molecular complexity index is 1280. The van der Waals surface area contributed by atoms with E-state index in [4.69, 9.17) is 14.2 Å². The predicted molar refractivity (Wildman–Crippen MR) is 123 cm³/mol. The van der Waals surface area contributed by atoms with Crippen LogP contribution in [0.2, 0.25) is 0 Å². The minimum Gasteiger partial charge on any atom is -0.493 e. The number of hydrogen-bond acceptors (Lipinski definition) is 6. The van der Waals surface area contributed by atoms with Crippen molar-refractivity contribution in [3.05, 3.63) is 59.3 Å². The zero-order valence-corrected chi connectivity index (χ0v) is 18.9. The second kappa shape index (κ2) is 8.74. The van der Waals surface area contributed by atoms with Crippen molar-refractivity contribution < 1.29 is 28.6 Å². The smallest absolute Gasteiger partial charge is 0.344 e. The van der Waals surface area contributed by atoms with Gasteiger partial charge in [0.1, 0.15) is 11.6 Å². The molecule has 5 rings (SSSR count). The van der Waals surface area contributed by atoms with Crippen molar-refractivity contribution in [1.29, 1.82) is 0 Å². The lowest BCUT2D eigenvalue weighted by Crippen LogP contribution is -2.46. The first-order valence-corrected chi connectivity index (χ1v) is 11.1. The van der Waals surface area contributed by atoms with Crippen molar-refractivity contribution in [2.24, 2.45) is 0 Å². The summed E-state index contributed by atoms with van der Waals surface area (Å²) in [6, 6.07) is 10.6. The lowest BCUT2D eigenvalue weighted by Gasteiger charge is -2.29. The van der Waals surface area contributed by atoms with Crippen molar-refractivity contribution in [3.8, 4) is 11.5 Å². The molecule has 1 saturated heterocycles. The van der Waals surface area contributed by atoms with Gasteiger partial charge in [0, 0.05) is 35.6 Å². The highest BCUT2D eigenvalue weighted by Crippen LogP contribution is 2.45. The fourth-order valence-electron chi connectivity index (χ4n) is 4.82. The molecule has 2 N–H and O–H groups in total. The number of H-pyrrole nitrogens is 1. The Morgan fingerprint density at radius 3 is 2.79 bits per heavy atom. The molecule has 2 amide bonds. The summed E-state index contributed by atoms with van der Waals surface area (Å²) in [6.07, 6.45) is 2.17. The van der Waals surface area contributed by atoms with E-state index in [0.29, 0.717) is 30.7 Å². The van der Waals surface area contributed by atoms with E-state index in [0.717, 1.165) is 16.5 Å². The summed E-state index contributed by atoms with van der Waals surface area (Å²) in [7, 11) is 2.91. The van der Waals surface area contributed by atoms with Crippen LogP contribution in [0.4, 0.5) is 0 Å². The van der Waals surface area contributed by atoms with E-state index in [1.807, 2.05) is 30.5 Å². The topological polar surface area (TPSA) is 110 Å². The third-order valence-electron chi connectivity index (χ3n) is 6.45. The number of amides is 2. The quantitative estimate of drug-likeness (QED) is 0.522. The average molecular weight is 463 g/mol. The molecule has 9 nitrogen and oxygen atoms in total. The molecule has 0 bridgehead atoms. The second-order valence-electron chi connectivity index (χ2n) is 8.28. The Labute approximate surface area is 196 Å². The van der Waals surface area contributed by atoms with Gasteiger partial charge in [-0.15, -0.1) is 0 Å². The van der Waals surface area contributed by atoms with Crippen LogP contribution in [-0.4, -0.2) is 54.5 Å². The van der Waals surface area contributed by atoms with Gasteiger partial charge in [0.25, 0.3) is 0 Å². The number of carbonyl (C=O) groups excluding carboxylic acids is 3. The zero-order chi connectivity index (χ0) is 23.8. The summed E-state index contributed by atoms with van der Waals surface area (Å²) in [5.74, 6) is -0.487. The molecular formula is C25H25N3O6. The molecule has 0 aliphatic carbocycles. The molecule has 3 heterocycles. The van der Waals surface area contributed by atoms with Crippen molar-refractivity contribution in [3.63, 3.8) is 0 Å². The number of nitrogens with zero attached hydrogens (tertiary/aromatic N) is 1. The lowest BCUT2D eigenvalue weighted by atomic mass is 10.0. The highest BCUT2D eigenvalue weighted by molar-refractivity contribution is 5.99. The van der Waals surface area contributed by atoms with Gasteiger partial charge in [-0.25, -0.2) is 4.79 Å². The number of cyclic esters (lactones) is 1. The SMILES string of the molecule is COc1ccc2c(c1OC)C(=O)OC2N1C(=O)CCC1C(=O)NCCc1c[nH]c2ccccc12. The molecule has 0 spiro atoms. The maximum Gasteiger partial charge on any atom is 0.344 e. The van der Waals surface area contributed by atoms with Gasteiger partial charge >= 0.3 is 5.97 Å². The molecule has 2 aliphatic heterocycles. The summed E-state index contributed by atoms with van der Waals surface area (Å²) in [4.78, 5) is 43.1. The highest BCUT2D eigenvalue weighted by atomic mass is 16.6. The Balaban J connectivity index is 1.33.